The first-order chi connectivity index (χ1) is 6.02. The predicted octanol–water partition coefficient (Wildman–Crippen LogP) is 1.27. The van der Waals surface area contributed by atoms with Gasteiger partial charge in [-0.25, -0.2) is 9.00 Å². The third-order valence-corrected chi connectivity index (χ3v) is 2.29. The van der Waals surface area contributed by atoms with Crippen molar-refractivity contribution in [3.8, 4) is 0 Å². The van der Waals surface area contributed by atoms with Gasteiger partial charge in [0, 0.05) is 0 Å². The third kappa shape index (κ3) is 2.13. The van der Waals surface area contributed by atoms with Gasteiger partial charge in [-0.1, -0.05) is 0 Å². The van der Waals surface area contributed by atoms with Crippen LogP contribution in [0.3, 0.4) is 0 Å². The monoisotopic (exact) mass is 200 g/mol. The van der Waals surface area contributed by atoms with Crippen molar-refractivity contribution in [1.82, 2.24) is 0 Å². The fourth-order valence-electron chi connectivity index (χ4n) is 0.985. The highest BCUT2D eigenvalue weighted by Gasteiger charge is 2.08. The number of hydrogen-bond donors (Lipinski definition) is 2. The molecule has 0 aliphatic heterocycles. The van der Waals surface area contributed by atoms with Crippen molar-refractivity contribution in [3.63, 3.8) is 0 Å². The van der Waals surface area contributed by atoms with Gasteiger partial charge in [-0.2, -0.15) is 0 Å². The molecule has 1 unspecified atom stereocenters. The predicted molar refractivity (Wildman–Crippen MR) is 47.2 cm³/mol. The van der Waals surface area contributed by atoms with Gasteiger partial charge in [0.25, 0.3) is 0 Å². The summed E-state index contributed by atoms with van der Waals surface area (Å²) >= 11 is -2.05. The van der Waals surface area contributed by atoms with Crippen molar-refractivity contribution in [2.45, 2.75) is 11.8 Å². The number of aromatic carboxylic acids is 1. The number of hydrogen-bond acceptors (Lipinski definition) is 2. The van der Waals surface area contributed by atoms with E-state index in [1.807, 2.05) is 0 Å². The van der Waals surface area contributed by atoms with Crippen molar-refractivity contribution in [2.24, 2.45) is 0 Å². The van der Waals surface area contributed by atoms with Crippen LogP contribution >= 0.6 is 0 Å². The van der Waals surface area contributed by atoms with Crippen LogP contribution in [0.4, 0.5) is 0 Å². The van der Waals surface area contributed by atoms with Crippen molar-refractivity contribution in [3.05, 3.63) is 29.3 Å². The van der Waals surface area contributed by atoms with Crippen LogP contribution in [0, 0.1) is 6.92 Å². The lowest BCUT2D eigenvalue weighted by Crippen LogP contribution is -2.00. The lowest BCUT2D eigenvalue weighted by atomic mass is 10.1. The van der Waals surface area contributed by atoms with E-state index in [4.69, 9.17) is 9.66 Å². The van der Waals surface area contributed by atoms with Gasteiger partial charge in [-0.05, 0) is 30.7 Å². The van der Waals surface area contributed by atoms with Gasteiger partial charge < -0.3 is 9.66 Å². The maximum atomic E-state index is 10.6. The van der Waals surface area contributed by atoms with Crippen LogP contribution in [0.1, 0.15) is 15.9 Å². The fourth-order valence-corrected chi connectivity index (χ4v) is 1.45. The van der Waals surface area contributed by atoms with Gasteiger partial charge in [0.15, 0.2) is 11.1 Å². The molecule has 4 nitrogen and oxygen atoms in total. The Bertz CT molecular complexity index is 372. The molecule has 0 saturated heterocycles. The van der Waals surface area contributed by atoms with Crippen molar-refractivity contribution < 1.29 is 18.7 Å². The van der Waals surface area contributed by atoms with Crippen molar-refractivity contribution in [1.29, 1.82) is 0 Å². The SMILES string of the molecule is Cc1cc(S(=O)O)ccc1C(=O)O. The van der Waals surface area contributed by atoms with Gasteiger partial charge in [0.05, 0.1) is 10.5 Å². The maximum Gasteiger partial charge on any atom is 0.335 e. The van der Waals surface area contributed by atoms with E-state index in [2.05, 4.69) is 0 Å². The molecule has 0 spiro atoms. The lowest BCUT2D eigenvalue weighted by molar-refractivity contribution is 0.0696. The maximum absolute atomic E-state index is 10.6. The molecule has 0 aliphatic carbocycles. The Balaban J connectivity index is 3.20. The van der Waals surface area contributed by atoms with Gasteiger partial charge in [0.1, 0.15) is 0 Å². The zero-order valence-corrected chi connectivity index (χ0v) is 7.67. The van der Waals surface area contributed by atoms with Gasteiger partial charge in [0.2, 0.25) is 0 Å². The Hall–Kier alpha value is -1.20. The molecular weight excluding hydrogens is 192 g/mol. The average molecular weight is 200 g/mol. The molecule has 1 atom stereocenters. The van der Waals surface area contributed by atoms with Crippen LogP contribution in [0.15, 0.2) is 23.1 Å². The second-order valence-corrected chi connectivity index (χ2v) is 3.50. The fraction of sp³-hybridized carbons (Fsp3) is 0.125. The summed E-state index contributed by atoms with van der Waals surface area (Å²) in [7, 11) is 0. The van der Waals surface area contributed by atoms with Crippen LogP contribution in [-0.2, 0) is 11.1 Å². The summed E-state index contributed by atoms with van der Waals surface area (Å²) < 4.78 is 19.3. The summed E-state index contributed by atoms with van der Waals surface area (Å²) in [6, 6.07) is 4.03. The molecule has 13 heavy (non-hydrogen) atoms. The van der Waals surface area contributed by atoms with Crippen LogP contribution in [0.5, 0.6) is 0 Å². The molecule has 0 aromatic heterocycles. The second kappa shape index (κ2) is 3.68. The Morgan fingerprint density at radius 1 is 1.46 bits per heavy atom. The highest BCUT2D eigenvalue weighted by Crippen LogP contribution is 2.13. The van der Waals surface area contributed by atoms with Crippen molar-refractivity contribution >= 4 is 17.0 Å². The summed E-state index contributed by atoms with van der Waals surface area (Å²) in [5.41, 5.74) is 0.626. The summed E-state index contributed by atoms with van der Waals surface area (Å²) in [6.45, 7) is 1.58. The first kappa shape index (κ1) is 9.88. The van der Waals surface area contributed by atoms with Crippen LogP contribution in [0.25, 0.3) is 0 Å². The molecule has 0 saturated carbocycles. The van der Waals surface area contributed by atoms with E-state index in [0.717, 1.165) is 0 Å². The van der Waals surface area contributed by atoms with Gasteiger partial charge in [-0.15, -0.1) is 0 Å². The molecule has 1 aromatic carbocycles. The smallest absolute Gasteiger partial charge is 0.335 e. The first-order valence-electron chi connectivity index (χ1n) is 3.47. The molecular formula is C8H8O4S. The minimum atomic E-state index is -2.05. The number of carboxylic acids is 1. The number of aryl methyl sites for hydroxylation is 1. The Kier molecular flexibility index (Phi) is 2.79. The third-order valence-electron chi connectivity index (χ3n) is 1.63. The lowest BCUT2D eigenvalue weighted by Gasteiger charge is -2.01. The van der Waals surface area contributed by atoms with E-state index >= 15 is 0 Å². The van der Waals surface area contributed by atoms with Crippen molar-refractivity contribution in [2.75, 3.05) is 0 Å². The molecule has 1 aromatic rings. The highest BCUT2D eigenvalue weighted by atomic mass is 32.2. The number of carboxylic acid groups (broad SMARTS) is 1. The molecule has 0 radical (unpaired) electrons. The standard InChI is InChI=1S/C8H8O4S/c1-5-4-6(13(11)12)2-3-7(5)8(9)10/h2-4H,1H3,(H,9,10)(H,11,12). The molecule has 0 aliphatic rings. The van der Waals surface area contributed by atoms with E-state index in [1.54, 1.807) is 6.92 Å². The van der Waals surface area contributed by atoms with Crippen LogP contribution < -0.4 is 0 Å². The van der Waals surface area contributed by atoms with Gasteiger partial charge in [-0.3, -0.25) is 0 Å². The molecule has 0 bridgehead atoms. The number of carbonyl (C=O) groups is 1. The van der Waals surface area contributed by atoms with Crippen LogP contribution in [-0.4, -0.2) is 19.8 Å². The number of rotatable bonds is 2. The molecule has 2 N–H and O–H groups in total. The van der Waals surface area contributed by atoms with E-state index in [1.165, 1.54) is 18.2 Å². The Morgan fingerprint density at radius 2 is 2.08 bits per heavy atom. The topological polar surface area (TPSA) is 74.6 Å². The normalized spacial score (nSPS) is 12.5. The minimum absolute atomic E-state index is 0.147. The Labute approximate surface area is 77.5 Å². The van der Waals surface area contributed by atoms with Gasteiger partial charge >= 0.3 is 5.97 Å². The molecule has 0 fully saturated rings. The Morgan fingerprint density at radius 3 is 2.46 bits per heavy atom. The largest absolute Gasteiger partial charge is 0.478 e. The van der Waals surface area contributed by atoms with E-state index in [-0.39, 0.29) is 10.5 Å². The highest BCUT2D eigenvalue weighted by molar-refractivity contribution is 7.79. The molecule has 0 heterocycles. The molecule has 1 rings (SSSR count). The first-order valence-corrected chi connectivity index (χ1v) is 4.58. The van der Waals surface area contributed by atoms with E-state index < -0.39 is 17.0 Å². The zero-order chi connectivity index (χ0) is 10.0. The second-order valence-electron chi connectivity index (χ2n) is 2.53. The molecule has 0 amide bonds. The summed E-state index contributed by atoms with van der Waals surface area (Å²) in [5, 5.41) is 8.66. The average Bonchev–Trinajstić information content (AvgIpc) is 2.03. The quantitative estimate of drug-likeness (QED) is 0.705. The minimum Gasteiger partial charge on any atom is -0.478 e. The number of benzene rings is 1. The molecule has 5 heteroatoms. The molecule has 70 valence electrons. The van der Waals surface area contributed by atoms with E-state index in [0.29, 0.717) is 5.56 Å². The summed E-state index contributed by atoms with van der Waals surface area (Å²) in [6.07, 6.45) is 0. The summed E-state index contributed by atoms with van der Waals surface area (Å²) in [4.78, 5) is 10.8. The summed E-state index contributed by atoms with van der Waals surface area (Å²) in [5.74, 6) is -1.03. The van der Waals surface area contributed by atoms with Crippen LogP contribution in [0.2, 0.25) is 0 Å². The zero-order valence-electron chi connectivity index (χ0n) is 6.85. The van der Waals surface area contributed by atoms with E-state index in [9.17, 15) is 9.00 Å².